The highest BCUT2D eigenvalue weighted by Gasteiger charge is 2.02. The van der Waals surface area contributed by atoms with E-state index < -0.39 is 16.5 Å². The molecule has 0 fully saturated rings. The molecule has 0 saturated carbocycles. The number of carboxylic acids is 1. The lowest BCUT2D eigenvalue weighted by atomic mass is 10.4. The number of aliphatic hydroxyl groups is 1. The molecule has 0 aliphatic carbocycles. The summed E-state index contributed by atoms with van der Waals surface area (Å²) < 4.78 is 4.81. The molecule has 2 N–H and O–H groups in total. The Bertz CT molecular complexity index is 704. The molecule has 0 aromatic heterocycles. The van der Waals surface area contributed by atoms with Crippen molar-refractivity contribution in [3.63, 3.8) is 0 Å². The number of halogens is 3. The normalized spacial score (nSPS) is 9.97. The summed E-state index contributed by atoms with van der Waals surface area (Å²) in [6.07, 6.45) is 19.6. The maximum Gasteiger partial charge on any atom is 0.309 e. The van der Waals surface area contributed by atoms with E-state index in [1.54, 1.807) is 43.4 Å². The first-order valence-electron chi connectivity index (χ1n) is 11.0. The molecule has 0 spiro atoms. The number of aliphatic carboxylic acids is 1. The molecule has 0 bridgehead atoms. The van der Waals surface area contributed by atoms with Gasteiger partial charge in [-0.2, -0.15) is 0 Å². The van der Waals surface area contributed by atoms with Crippen molar-refractivity contribution in [2.24, 2.45) is 0 Å². The third-order valence-corrected chi connectivity index (χ3v) is 3.42. The quantitative estimate of drug-likeness (QED) is 0.125. The van der Waals surface area contributed by atoms with Crippen molar-refractivity contribution >= 4 is 62.5 Å². The van der Waals surface area contributed by atoms with Crippen LogP contribution in [0.4, 0.5) is 0 Å². The lowest BCUT2D eigenvalue weighted by Crippen LogP contribution is -2.02. The molecule has 8 nitrogen and oxygen atoms in total. The number of carboxylic acid groups (broad SMARTS) is 1. The molecule has 0 aliphatic rings. The Morgan fingerprint density at radius 2 is 1.05 bits per heavy atom. The van der Waals surface area contributed by atoms with Crippen molar-refractivity contribution < 1.29 is 38.9 Å². The summed E-state index contributed by atoms with van der Waals surface area (Å²) in [4.78, 5) is 49.2. The van der Waals surface area contributed by atoms with Gasteiger partial charge in [0, 0.05) is 13.0 Å². The number of rotatable bonds is 11. The van der Waals surface area contributed by atoms with Crippen LogP contribution in [0.3, 0.4) is 0 Å². The number of hydrogen-bond donors (Lipinski definition) is 2. The summed E-state index contributed by atoms with van der Waals surface area (Å²) in [5.74, 6) is -0.959. The SMILES string of the molecule is C/C=C/CC(=O)Cl.C/C=C/CC(=O)O.C/C=C/CCO.C/C=C/COC(=O)C/C=C/C.O=C(Cl)C(=O)Cl. The Balaban J connectivity index is -0.000000118. The van der Waals surface area contributed by atoms with Crippen LogP contribution in [0, 0.1) is 0 Å². The first-order chi connectivity index (χ1) is 17.4. The van der Waals surface area contributed by atoms with Gasteiger partial charge in [-0.25, -0.2) is 0 Å². The molecule has 11 heteroatoms. The van der Waals surface area contributed by atoms with Gasteiger partial charge in [0.15, 0.2) is 0 Å². The lowest BCUT2D eigenvalue weighted by Gasteiger charge is -1.96. The first kappa shape index (κ1) is 44.5. The molecule has 212 valence electrons. The minimum absolute atomic E-state index is 0.135. The third-order valence-electron chi connectivity index (χ3n) is 2.82. The van der Waals surface area contributed by atoms with E-state index in [0.29, 0.717) is 19.4 Å². The molecule has 0 atom stereocenters. The highest BCUT2D eigenvalue weighted by molar-refractivity contribution is 6.97. The van der Waals surface area contributed by atoms with Crippen LogP contribution in [-0.4, -0.2) is 51.1 Å². The second-order valence-corrected chi connectivity index (χ2v) is 7.06. The highest BCUT2D eigenvalue weighted by Crippen LogP contribution is 1.89. The van der Waals surface area contributed by atoms with Crippen LogP contribution in [0.15, 0.2) is 60.8 Å². The van der Waals surface area contributed by atoms with Gasteiger partial charge in [-0.3, -0.25) is 24.0 Å². The predicted molar refractivity (Wildman–Crippen MR) is 151 cm³/mol. The van der Waals surface area contributed by atoms with Gasteiger partial charge in [-0.05, 0) is 75.8 Å². The number of allylic oxidation sites excluding steroid dienone is 6. The van der Waals surface area contributed by atoms with Crippen LogP contribution in [0.1, 0.15) is 60.3 Å². The van der Waals surface area contributed by atoms with Crippen LogP contribution in [-0.2, 0) is 28.7 Å². The van der Waals surface area contributed by atoms with Crippen LogP contribution in [0.5, 0.6) is 0 Å². The van der Waals surface area contributed by atoms with Crippen molar-refractivity contribution in [1.82, 2.24) is 0 Å². The zero-order valence-electron chi connectivity index (χ0n) is 22.0. The van der Waals surface area contributed by atoms with Gasteiger partial charge in [-0.1, -0.05) is 60.8 Å². The number of carbonyl (C=O) groups is 5. The van der Waals surface area contributed by atoms with E-state index in [-0.39, 0.29) is 24.2 Å². The second kappa shape index (κ2) is 40.6. The number of esters is 1. The van der Waals surface area contributed by atoms with E-state index in [2.05, 4.69) is 23.2 Å². The second-order valence-electron chi connectivity index (χ2n) is 5.95. The maximum absolute atomic E-state index is 10.8. The van der Waals surface area contributed by atoms with Gasteiger partial charge in [0.2, 0.25) is 5.24 Å². The van der Waals surface area contributed by atoms with Crippen molar-refractivity contribution in [2.45, 2.75) is 60.3 Å². The molecular formula is C26H39Cl3O8. The number of carbonyl (C=O) groups excluding carboxylic acids is 4. The number of hydrogen-bond acceptors (Lipinski definition) is 7. The average Bonchev–Trinajstić information content (AvgIpc) is 2.85. The van der Waals surface area contributed by atoms with Gasteiger partial charge in [0.1, 0.15) is 6.61 Å². The molecule has 0 unspecified atom stereocenters. The summed E-state index contributed by atoms with van der Waals surface area (Å²) in [7, 11) is 0. The topological polar surface area (TPSA) is 135 Å². The van der Waals surface area contributed by atoms with Crippen LogP contribution >= 0.6 is 34.8 Å². The van der Waals surface area contributed by atoms with Crippen LogP contribution in [0.2, 0.25) is 0 Å². The summed E-state index contributed by atoms with van der Waals surface area (Å²) >= 11 is 14.0. The van der Waals surface area contributed by atoms with E-state index in [0.717, 1.165) is 6.42 Å². The molecule has 0 saturated heterocycles. The Labute approximate surface area is 235 Å². The summed E-state index contributed by atoms with van der Waals surface area (Å²) in [6, 6.07) is 0. The molecule has 37 heavy (non-hydrogen) atoms. The summed E-state index contributed by atoms with van der Waals surface area (Å²) in [6.45, 7) is 9.99. The molecule has 0 heterocycles. The monoisotopic (exact) mass is 584 g/mol. The van der Waals surface area contributed by atoms with Gasteiger partial charge in [0.25, 0.3) is 0 Å². The molecule has 0 rings (SSSR count). The number of aliphatic hydroxyl groups excluding tert-OH is 1. The molecule has 0 amide bonds. The standard InChI is InChI=1S/C9H14O2.C5H7ClO.C5H8O2.C5H10O.C2Cl2O2/c1-3-5-7-9(10)11-8-6-4-2;2*1-2-3-4-5(6)7;1-2-3-4-5-6;3-1(5)2(4)6/h3-6H,7-8H2,1-2H3;2-3H,4H2,1H3;2-3H,4H2,1H3,(H,6,7);2-3,6H,4-5H2,1H3;/b5-3+,6-4+;3*3-2+;. The molecule has 0 aromatic carbocycles. The van der Waals surface area contributed by atoms with Gasteiger partial charge in [-0.15, -0.1) is 0 Å². The summed E-state index contributed by atoms with van der Waals surface area (Å²) in [5.41, 5.74) is 0. The fraction of sp³-hybridized carbons (Fsp3) is 0.423. The van der Waals surface area contributed by atoms with Crippen molar-refractivity contribution in [3.05, 3.63) is 60.8 Å². The zero-order chi connectivity index (χ0) is 29.9. The smallest absolute Gasteiger partial charge is 0.309 e. The Morgan fingerprint density at radius 1 is 0.649 bits per heavy atom. The van der Waals surface area contributed by atoms with Crippen LogP contribution < -0.4 is 0 Å². The van der Waals surface area contributed by atoms with E-state index in [1.807, 2.05) is 52.0 Å². The van der Waals surface area contributed by atoms with Crippen LogP contribution in [0.25, 0.3) is 0 Å². The predicted octanol–water partition coefficient (Wildman–Crippen LogP) is 6.29. The largest absolute Gasteiger partial charge is 0.481 e. The molecular weight excluding hydrogens is 547 g/mol. The van der Waals surface area contributed by atoms with E-state index in [9.17, 15) is 24.0 Å². The Kier molecular flexibility index (Phi) is 48.8. The maximum atomic E-state index is 10.8. The van der Waals surface area contributed by atoms with Gasteiger partial charge < -0.3 is 14.9 Å². The minimum atomic E-state index is -1.14. The van der Waals surface area contributed by atoms with E-state index >= 15 is 0 Å². The van der Waals surface area contributed by atoms with Gasteiger partial charge in [0.05, 0.1) is 12.8 Å². The van der Waals surface area contributed by atoms with E-state index in [1.165, 1.54) is 0 Å². The molecule has 0 radical (unpaired) electrons. The molecule has 0 aliphatic heterocycles. The summed E-state index contributed by atoms with van der Waals surface area (Å²) in [5, 5.41) is 13.5. The zero-order valence-corrected chi connectivity index (χ0v) is 24.3. The Morgan fingerprint density at radius 3 is 1.30 bits per heavy atom. The lowest BCUT2D eigenvalue weighted by molar-refractivity contribution is -0.141. The Hall–Kier alpha value is -2.52. The van der Waals surface area contributed by atoms with Gasteiger partial charge >= 0.3 is 22.4 Å². The highest BCUT2D eigenvalue weighted by atomic mass is 35.5. The third kappa shape index (κ3) is 71.9. The fourth-order valence-corrected chi connectivity index (χ4v) is 1.27. The minimum Gasteiger partial charge on any atom is -0.481 e. The first-order valence-corrected chi connectivity index (χ1v) is 12.2. The van der Waals surface area contributed by atoms with Crippen molar-refractivity contribution in [3.8, 4) is 0 Å². The number of ether oxygens (including phenoxy) is 1. The van der Waals surface area contributed by atoms with Crippen molar-refractivity contribution in [1.29, 1.82) is 0 Å². The average molecular weight is 586 g/mol. The fourth-order valence-electron chi connectivity index (χ4n) is 1.18. The van der Waals surface area contributed by atoms with E-state index in [4.69, 9.17) is 26.6 Å². The molecule has 0 aromatic rings. The van der Waals surface area contributed by atoms with Crippen molar-refractivity contribution in [2.75, 3.05) is 13.2 Å².